The highest BCUT2D eigenvalue weighted by Crippen LogP contribution is 2.17. The van der Waals surface area contributed by atoms with Crippen LogP contribution >= 0.6 is 0 Å². The molecule has 3 heteroatoms. The van der Waals surface area contributed by atoms with Gasteiger partial charge in [0.2, 0.25) is 0 Å². The molecule has 19 heavy (non-hydrogen) atoms. The van der Waals surface area contributed by atoms with E-state index in [1.165, 1.54) is 12.1 Å². The van der Waals surface area contributed by atoms with Crippen molar-refractivity contribution in [2.24, 2.45) is 5.92 Å². The molecule has 1 aromatic rings. The van der Waals surface area contributed by atoms with Crippen LogP contribution in [0.1, 0.15) is 37.7 Å². The van der Waals surface area contributed by atoms with Gasteiger partial charge in [-0.15, -0.1) is 6.58 Å². The predicted octanol–water partition coefficient (Wildman–Crippen LogP) is 4.21. The average Bonchev–Trinajstić information content (AvgIpc) is 2.37. The fourth-order valence-electron chi connectivity index (χ4n) is 2.12. The van der Waals surface area contributed by atoms with Crippen LogP contribution in [-0.4, -0.2) is 11.1 Å². The minimum atomic E-state index is -0.798. The molecule has 0 spiro atoms. The monoisotopic (exact) mass is 264 g/mol. The quantitative estimate of drug-likeness (QED) is 0.536. The first-order valence-electron chi connectivity index (χ1n) is 6.71. The van der Waals surface area contributed by atoms with Crippen LogP contribution in [0.15, 0.2) is 36.9 Å². The number of benzene rings is 1. The van der Waals surface area contributed by atoms with Crippen molar-refractivity contribution in [2.45, 2.75) is 38.5 Å². The Kier molecular flexibility index (Phi) is 6.86. The number of carboxylic acid groups (broad SMARTS) is 1. The Balaban J connectivity index is 2.44. The molecule has 104 valence electrons. The van der Waals surface area contributed by atoms with Crippen molar-refractivity contribution >= 4 is 5.97 Å². The lowest BCUT2D eigenvalue weighted by Crippen LogP contribution is -2.16. The first-order valence-corrected chi connectivity index (χ1v) is 6.71. The van der Waals surface area contributed by atoms with E-state index in [0.29, 0.717) is 12.8 Å². The minimum absolute atomic E-state index is 0.312. The van der Waals surface area contributed by atoms with Gasteiger partial charge in [-0.1, -0.05) is 31.1 Å². The molecular formula is C16H21FO2. The lowest BCUT2D eigenvalue weighted by atomic mass is 9.93. The van der Waals surface area contributed by atoms with Crippen LogP contribution in [0.25, 0.3) is 0 Å². The zero-order valence-corrected chi connectivity index (χ0v) is 11.1. The molecule has 0 aliphatic carbocycles. The molecule has 0 unspecified atom stereocenters. The summed E-state index contributed by atoms with van der Waals surface area (Å²) < 4.78 is 13.1. The number of allylic oxidation sites excluding steroid dienone is 1. The first kappa shape index (κ1) is 15.4. The van der Waals surface area contributed by atoms with Gasteiger partial charge in [0.25, 0.3) is 0 Å². The Hall–Kier alpha value is -1.64. The average molecular weight is 264 g/mol. The number of halogens is 1. The normalized spacial score (nSPS) is 12.1. The Morgan fingerprint density at radius 1 is 1.37 bits per heavy atom. The molecule has 0 saturated heterocycles. The number of hydrogen-bond acceptors (Lipinski definition) is 1. The van der Waals surface area contributed by atoms with Gasteiger partial charge in [-0.05, 0) is 43.4 Å². The van der Waals surface area contributed by atoms with Gasteiger partial charge in [0, 0.05) is 0 Å². The van der Waals surface area contributed by atoms with E-state index in [1.807, 2.05) is 6.08 Å². The Morgan fingerprint density at radius 3 is 2.79 bits per heavy atom. The summed E-state index contributed by atoms with van der Waals surface area (Å²) in [7, 11) is 0. The summed E-state index contributed by atoms with van der Waals surface area (Å²) in [5.74, 6) is -1.54. The number of carbonyl (C=O) groups is 1. The van der Waals surface area contributed by atoms with E-state index in [9.17, 15) is 14.3 Å². The summed E-state index contributed by atoms with van der Waals surface area (Å²) in [4.78, 5) is 11.2. The van der Waals surface area contributed by atoms with Crippen LogP contribution in [0, 0.1) is 11.7 Å². The second kappa shape index (κ2) is 8.46. The summed E-state index contributed by atoms with van der Waals surface area (Å²) in [5, 5.41) is 9.20. The van der Waals surface area contributed by atoms with Gasteiger partial charge in [0.1, 0.15) is 5.82 Å². The number of carboxylic acids is 1. The topological polar surface area (TPSA) is 37.3 Å². The van der Waals surface area contributed by atoms with E-state index in [2.05, 4.69) is 6.58 Å². The molecule has 0 amide bonds. The zero-order chi connectivity index (χ0) is 14.1. The third-order valence-electron chi connectivity index (χ3n) is 3.18. The van der Waals surface area contributed by atoms with Gasteiger partial charge in [0.05, 0.1) is 5.92 Å². The highest BCUT2D eigenvalue weighted by Gasteiger charge is 2.17. The molecule has 0 aliphatic rings. The van der Waals surface area contributed by atoms with Crippen molar-refractivity contribution in [3.8, 4) is 0 Å². The van der Waals surface area contributed by atoms with Gasteiger partial charge < -0.3 is 5.11 Å². The van der Waals surface area contributed by atoms with Crippen LogP contribution in [0.2, 0.25) is 0 Å². The van der Waals surface area contributed by atoms with Crippen LogP contribution in [0.4, 0.5) is 4.39 Å². The second-order valence-corrected chi connectivity index (χ2v) is 4.80. The lowest BCUT2D eigenvalue weighted by molar-refractivity contribution is -0.142. The van der Waals surface area contributed by atoms with Gasteiger partial charge in [-0.2, -0.15) is 0 Å². The smallest absolute Gasteiger partial charge is 0.306 e. The molecule has 1 atom stereocenters. The molecule has 2 nitrogen and oxygen atoms in total. The van der Waals surface area contributed by atoms with Gasteiger partial charge in [-0.25, -0.2) is 4.39 Å². The summed E-state index contributed by atoms with van der Waals surface area (Å²) in [6.07, 6.45) is 6.84. The van der Waals surface area contributed by atoms with Crippen LogP contribution < -0.4 is 0 Å². The molecule has 0 aromatic heterocycles. The summed E-state index contributed by atoms with van der Waals surface area (Å²) in [5.41, 5.74) is 0.749. The van der Waals surface area contributed by atoms with Gasteiger partial charge >= 0.3 is 5.97 Å². The van der Waals surface area contributed by atoms with E-state index in [-0.39, 0.29) is 5.82 Å². The fourth-order valence-corrected chi connectivity index (χ4v) is 2.12. The number of unbranched alkanes of at least 4 members (excludes halogenated alkanes) is 3. The molecule has 1 rings (SSSR count). The maximum Gasteiger partial charge on any atom is 0.306 e. The third kappa shape index (κ3) is 6.18. The number of aliphatic carboxylic acids is 1. The molecule has 0 fully saturated rings. The van der Waals surface area contributed by atoms with Crippen LogP contribution in [-0.2, 0) is 11.2 Å². The van der Waals surface area contributed by atoms with Crippen molar-refractivity contribution < 1.29 is 14.3 Å². The van der Waals surface area contributed by atoms with Crippen molar-refractivity contribution in [1.82, 2.24) is 0 Å². The molecule has 0 aliphatic heterocycles. The highest BCUT2D eigenvalue weighted by molar-refractivity contribution is 5.70. The van der Waals surface area contributed by atoms with Crippen molar-refractivity contribution in [1.29, 1.82) is 0 Å². The second-order valence-electron chi connectivity index (χ2n) is 4.80. The maximum atomic E-state index is 13.1. The molecule has 1 aromatic carbocycles. The fraction of sp³-hybridized carbons (Fsp3) is 0.438. The lowest BCUT2D eigenvalue weighted by Gasteiger charge is -2.12. The van der Waals surface area contributed by atoms with E-state index < -0.39 is 11.9 Å². The van der Waals surface area contributed by atoms with Crippen molar-refractivity contribution in [3.63, 3.8) is 0 Å². The number of rotatable bonds is 9. The molecule has 0 heterocycles. The van der Waals surface area contributed by atoms with E-state index >= 15 is 0 Å². The molecule has 0 radical (unpaired) electrons. The SMILES string of the molecule is C=CCCCCC[C@H](Cc1cccc(F)c1)C(=O)O. The Morgan fingerprint density at radius 2 is 2.16 bits per heavy atom. The van der Waals surface area contributed by atoms with E-state index in [0.717, 1.165) is 31.2 Å². The van der Waals surface area contributed by atoms with E-state index in [1.54, 1.807) is 12.1 Å². The van der Waals surface area contributed by atoms with Crippen molar-refractivity contribution in [2.75, 3.05) is 0 Å². The molecule has 1 N–H and O–H groups in total. The summed E-state index contributed by atoms with van der Waals surface area (Å²) in [6.45, 7) is 3.66. The Bertz CT molecular complexity index is 415. The van der Waals surface area contributed by atoms with Gasteiger partial charge in [0.15, 0.2) is 0 Å². The molecule has 0 saturated carbocycles. The first-order chi connectivity index (χ1) is 9.13. The minimum Gasteiger partial charge on any atom is -0.481 e. The highest BCUT2D eigenvalue weighted by atomic mass is 19.1. The maximum absolute atomic E-state index is 13.1. The number of hydrogen-bond donors (Lipinski definition) is 1. The van der Waals surface area contributed by atoms with Crippen LogP contribution in [0.5, 0.6) is 0 Å². The van der Waals surface area contributed by atoms with Crippen LogP contribution in [0.3, 0.4) is 0 Å². The largest absolute Gasteiger partial charge is 0.481 e. The Labute approximate surface area is 114 Å². The summed E-state index contributed by atoms with van der Waals surface area (Å²) >= 11 is 0. The third-order valence-corrected chi connectivity index (χ3v) is 3.18. The van der Waals surface area contributed by atoms with Crippen molar-refractivity contribution in [3.05, 3.63) is 48.3 Å². The molecular weight excluding hydrogens is 243 g/mol. The van der Waals surface area contributed by atoms with E-state index in [4.69, 9.17) is 0 Å². The standard InChI is InChI=1S/C16H21FO2/c1-2-3-4-5-6-9-14(16(18)19)11-13-8-7-10-15(17)12-13/h2,7-8,10,12,14H,1,3-6,9,11H2,(H,18,19)/t14-/m1/s1. The molecule has 0 bridgehead atoms. The zero-order valence-electron chi connectivity index (χ0n) is 11.1. The summed E-state index contributed by atoms with van der Waals surface area (Å²) in [6, 6.07) is 6.17. The van der Waals surface area contributed by atoms with Gasteiger partial charge in [-0.3, -0.25) is 4.79 Å². The predicted molar refractivity (Wildman–Crippen MR) is 74.5 cm³/mol.